The molecule has 0 radical (unpaired) electrons. The molecule has 0 saturated heterocycles. The number of fused-ring (bicyclic) bond motifs is 1. The number of rotatable bonds is 6. The number of nitrogens with one attached hydrogen (secondary N) is 2. The lowest BCUT2D eigenvalue weighted by atomic mass is 10.2. The molecule has 2 N–H and O–H groups in total. The van der Waals surface area contributed by atoms with Crippen LogP contribution in [0.1, 0.15) is 29.6 Å². The number of hydrogen-bond acceptors (Lipinski definition) is 2. The molecule has 18 heavy (non-hydrogen) atoms. The van der Waals surface area contributed by atoms with Crippen molar-refractivity contribution in [3.05, 3.63) is 30.1 Å². The fraction of sp³-hybridized carbons (Fsp3) is 0.385. The smallest absolute Gasteiger partial charge is 0.253 e. The molecule has 0 saturated carbocycles. The Balaban J connectivity index is 1.93. The predicted octanol–water partition coefficient (Wildman–Crippen LogP) is 2.86. The Morgan fingerprint density at radius 1 is 1.39 bits per heavy atom. The minimum atomic E-state index is -0.0342. The molecule has 4 nitrogen and oxygen atoms in total. The first-order valence-corrected chi connectivity index (χ1v) is 7.21. The quantitative estimate of drug-likeness (QED) is 0.637. The summed E-state index contributed by atoms with van der Waals surface area (Å²) in [4.78, 5) is 19.2. The normalized spacial score (nSPS) is 10.7. The molecule has 0 aliphatic heterocycles. The first-order chi connectivity index (χ1) is 8.83. The lowest BCUT2D eigenvalue weighted by molar-refractivity contribution is 0.0954. The van der Waals surface area contributed by atoms with Crippen LogP contribution in [-0.4, -0.2) is 27.7 Å². The molecule has 5 heteroatoms. The van der Waals surface area contributed by atoms with Crippen molar-refractivity contribution in [2.45, 2.75) is 19.3 Å². The number of aromatic nitrogens is 2. The topological polar surface area (TPSA) is 57.8 Å². The van der Waals surface area contributed by atoms with E-state index in [-0.39, 0.29) is 5.91 Å². The highest BCUT2D eigenvalue weighted by Crippen LogP contribution is 2.15. The van der Waals surface area contributed by atoms with Gasteiger partial charge in [-0.1, -0.05) is 22.4 Å². The summed E-state index contributed by atoms with van der Waals surface area (Å²) in [5, 5.41) is 4.83. The minimum Gasteiger partial charge on any atom is -0.352 e. The van der Waals surface area contributed by atoms with Crippen molar-refractivity contribution < 1.29 is 4.79 Å². The molecule has 2 aromatic heterocycles. The lowest BCUT2D eigenvalue weighted by Gasteiger charge is -2.03. The largest absolute Gasteiger partial charge is 0.352 e. The van der Waals surface area contributed by atoms with E-state index in [9.17, 15) is 4.79 Å². The summed E-state index contributed by atoms with van der Waals surface area (Å²) >= 11 is 3.39. The van der Waals surface area contributed by atoms with E-state index < -0.39 is 0 Å². The summed E-state index contributed by atoms with van der Waals surface area (Å²) in [5.41, 5.74) is 1.42. The SMILES string of the molecule is O=C(NCCCCCBr)c1c[nH]c2ncccc12. The van der Waals surface area contributed by atoms with E-state index in [1.807, 2.05) is 12.1 Å². The van der Waals surface area contributed by atoms with Crippen molar-refractivity contribution in [1.29, 1.82) is 0 Å². The van der Waals surface area contributed by atoms with Crippen LogP contribution in [0.5, 0.6) is 0 Å². The number of unbranched alkanes of at least 4 members (excludes halogenated alkanes) is 2. The van der Waals surface area contributed by atoms with Gasteiger partial charge in [0, 0.05) is 29.7 Å². The molecule has 0 spiro atoms. The van der Waals surface area contributed by atoms with Crippen LogP contribution in [0.25, 0.3) is 11.0 Å². The van der Waals surface area contributed by atoms with Crippen LogP contribution in [0.15, 0.2) is 24.5 Å². The van der Waals surface area contributed by atoms with Crippen molar-refractivity contribution in [3.8, 4) is 0 Å². The molecule has 0 unspecified atom stereocenters. The van der Waals surface area contributed by atoms with Crippen LogP contribution in [-0.2, 0) is 0 Å². The number of halogens is 1. The molecular formula is C13H16BrN3O. The standard InChI is InChI=1S/C13H16BrN3O/c14-6-2-1-3-7-16-13(18)11-9-17-12-10(11)5-4-8-15-12/h4-5,8-9H,1-3,6-7H2,(H,15,17)(H,16,18). The van der Waals surface area contributed by atoms with Gasteiger partial charge in [0.15, 0.2) is 0 Å². The van der Waals surface area contributed by atoms with E-state index >= 15 is 0 Å². The maximum absolute atomic E-state index is 12.0. The number of carbonyl (C=O) groups is 1. The van der Waals surface area contributed by atoms with Gasteiger partial charge in [0.1, 0.15) is 5.65 Å². The van der Waals surface area contributed by atoms with Gasteiger partial charge in [0.05, 0.1) is 5.56 Å². The summed E-state index contributed by atoms with van der Waals surface area (Å²) in [7, 11) is 0. The first kappa shape index (κ1) is 13.1. The molecule has 96 valence electrons. The Morgan fingerprint density at radius 3 is 3.11 bits per heavy atom. The molecule has 2 heterocycles. The van der Waals surface area contributed by atoms with Crippen LogP contribution in [0.3, 0.4) is 0 Å². The second-order valence-electron chi connectivity index (χ2n) is 4.11. The van der Waals surface area contributed by atoms with Gasteiger partial charge >= 0.3 is 0 Å². The molecule has 1 amide bonds. The molecule has 2 rings (SSSR count). The number of alkyl halides is 1. The zero-order valence-electron chi connectivity index (χ0n) is 10.1. The maximum atomic E-state index is 12.0. The highest BCUT2D eigenvalue weighted by molar-refractivity contribution is 9.09. The molecule has 0 aromatic carbocycles. The van der Waals surface area contributed by atoms with Crippen molar-refractivity contribution in [3.63, 3.8) is 0 Å². The van der Waals surface area contributed by atoms with Gasteiger partial charge in [-0.3, -0.25) is 4.79 Å². The Labute approximate surface area is 114 Å². The Hall–Kier alpha value is -1.36. The van der Waals surface area contributed by atoms with Gasteiger partial charge in [-0.2, -0.15) is 0 Å². The van der Waals surface area contributed by atoms with Crippen molar-refractivity contribution in [2.75, 3.05) is 11.9 Å². The number of carbonyl (C=O) groups excluding carboxylic acids is 1. The molecule has 0 aliphatic carbocycles. The summed E-state index contributed by atoms with van der Waals surface area (Å²) in [5.74, 6) is -0.0342. The third-order valence-corrected chi connectivity index (χ3v) is 3.35. The molecule has 0 atom stereocenters. The highest BCUT2D eigenvalue weighted by atomic mass is 79.9. The molecule has 2 aromatic rings. The van der Waals surface area contributed by atoms with Crippen molar-refractivity contribution in [2.24, 2.45) is 0 Å². The van der Waals surface area contributed by atoms with Gasteiger partial charge in [-0.15, -0.1) is 0 Å². The van der Waals surface area contributed by atoms with Crippen LogP contribution in [0.4, 0.5) is 0 Å². The third-order valence-electron chi connectivity index (χ3n) is 2.79. The van der Waals surface area contributed by atoms with Gasteiger partial charge in [0.25, 0.3) is 5.91 Å². The van der Waals surface area contributed by atoms with E-state index in [2.05, 4.69) is 31.2 Å². The van der Waals surface area contributed by atoms with Crippen LogP contribution in [0.2, 0.25) is 0 Å². The molecule has 0 bridgehead atoms. The minimum absolute atomic E-state index is 0.0342. The highest BCUT2D eigenvalue weighted by Gasteiger charge is 2.11. The second kappa shape index (κ2) is 6.54. The number of aromatic amines is 1. The molecule has 0 aliphatic rings. The summed E-state index contributed by atoms with van der Waals surface area (Å²) in [6, 6.07) is 3.74. The van der Waals surface area contributed by atoms with E-state index in [0.717, 1.165) is 42.2 Å². The molecule has 0 fully saturated rings. The van der Waals surface area contributed by atoms with Gasteiger partial charge < -0.3 is 10.3 Å². The maximum Gasteiger partial charge on any atom is 0.253 e. The number of pyridine rings is 1. The summed E-state index contributed by atoms with van der Waals surface area (Å²) < 4.78 is 0. The van der Waals surface area contributed by atoms with Gasteiger partial charge in [-0.05, 0) is 25.0 Å². The average Bonchev–Trinajstić information content (AvgIpc) is 2.82. The van der Waals surface area contributed by atoms with Crippen LogP contribution < -0.4 is 5.32 Å². The first-order valence-electron chi connectivity index (χ1n) is 6.09. The van der Waals surface area contributed by atoms with E-state index in [0.29, 0.717) is 5.56 Å². The fourth-order valence-corrected chi connectivity index (χ4v) is 2.23. The third kappa shape index (κ3) is 3.10. The number of nitrogens with zero attached hydrogens (tertiary/aromatic N) is 1. The Kier molecular flexibility index (Phi) is 4.75. The monoisotopic (exact) mass is 309 g/mol. The Bertz CT molecular complexity index is 524. The second-order valence-corrected chi connectivity index (χ2v) is 4.90. The zero-order valence-corrected chi connectivity index (χ0v) is 11.7. The number of amides is 1. The van der Waals surface area contributed by atoms with Gasteiger partial charge in [-0.25, -0.2) is 4.98 Å². The predicted molar refractivity (Wildman–Crippen MR) is 76.1 cm³/mol. The van der Waals surface area contributed by atoms with E-state index in [4.69, 9.17) is 0 Å². The number of hydrogen-bond donors (Lipinski definition) is 2. The lowest BCUT2D eigenvalue weighted by Crippen LogP contribution is -2.24. The number of H-pyrrole nitrogens is 1. The van der Waals surface area contributed by atoms with E-state index in [1.54, 1.807) is 12.4 Å². The zero-order chi connectivity index (χ0) is 12.8. The molecular weight excluding hydrogens is 294 g/mol. The Morgan fingerprint density at radius 2 is 2.28 bits per heavy atom. The summed E-state index contributed by atoms with van der Waals surface area (Å²) in [6.07, 6.45) is 6.71. The van der Waals surface area contributed by atoms with Crippen LogP contribution >= 0.6 is 15.9 Å². The van der Waals surface area contributed by atoms with Crippen molar-refractivity contribution >= 4 is 32.9 Å². The summed E-state index contributed by atoms with van der Waals surface area (Å²) in [6.45, 7) is 0.721. The van der Waals surface area contributed by atoms with Crippen molar-refractivity contribution in [1.82, 2.24) is 15.3 Å². The van der Waals surface area contributed by atoms with E-state index in [1.165, 1.54) is 0 Å². The van der Waals surface area contributed by atoms with Crippen LogP contribution in [0, 0.1) is 0 Å². The fourth-order valence-electron chi connectivity index (χ4n) is 1.84. The average molecular weight is 310 g/mol. The van der Waals surface area contributed by atoms with Gasteiger partial charge in [0.2, 0.25) is 0 Å².